The third-order valence-electron chi connectivity index (χ3n) is 1.60. The lowest BCUT2D eigenvalue weighted by molar-refractivity contribution is 0.0676. The highest BCUT2D eigenvalue weighted by molar-refractivity contribution is 5.97. The summed E-state index contributed by atoms with van der Waals surface area (Å²) in [5.74, 6) is -0.281. The van der Waals surface area contributed by atoms with Crippen LogP contribution in [0.3, 0.4) is 0 Å². The number of Topliss-reactive ketones (excluding diaryl/α,β-unsaturated/α-hetero) is 1. The minimum atomic E-state index is -0.936. The summed E-state index contributed by atoms with van der Waals surface area (Å²) >= 11 is 0. The minimum Gasteiger partial charge on any atom is -0.426 e. The van der Waals surface area contributed by atoms with E-state index in [-0.39, 0.29) is 12.4 Å². The van der Waals surface area contributed by atoms with Crippen molar-refractivity contribution in [3.05, 3.63) is 48.7 Å². The highest BCUT2D eigenvalue weighted by Crippen LogP contribution is 2.00. The second-order valence-electron chi connectivity index (χ2n) is 2.61. The highest BCUT2D eigenvalue weighted by atomic mass is 16.7. The molecule has 0 aromatic heterocycles. The van der Waals surface area contributed by atoms with Crippen molar-refractivity contribution in [2.75, 3.05) is 6.61 Å². The van der Waals surface area contributed by atoms with E-state index in [4.69, 9.17) is 0 Å². The van der Waals surface area contributed by atoms with E-state index in [1.54, 1.807) is 30.3 Å². The summed E-state index contributed by atoms with van der Waals surface area (Å²) < 4.78 is 8.80. The maximum atomic E-state index is 11.4. The van der Waals surface area contributed by atoms with E-state index in [0.717, 1.165) is 6.26 Å². The zero-order valence-corrected chi connectivity index (χ0v) is 8.01. The number of ether oxygens (including phenoxy) is 2. The van der Waals surface area contributed by atoms with Crippen LogP contribution in [0.15, 0.2) is 43.2 Å². The second kappa shape index (κ2) is 5.59. The van der Waals surface area contributed by atoms with Crippen LogP contribution in [0.2, 0.25) is 0 Å². The molecule has 1 aromatic rings. The van der Waals surface area contributed by atoms with Crippen molar-refractivity contribution in [3.63, 3.8) is 0 Å². The average molecular weight is 206 g/mol. The smallest absolute Gasteiger partial charge is 0.426 e. The number of hydrogen-bond acceptors (Lipinski definition) is 4. The van der Waals surface area contributed by atoms with Gasteiger partial charge in [-0.2, -0.15) is 0 Å². The van der Waals surface area contributed by atoms with E-state index in [1.807, 2.05) is 0 Å². The summed E-state index contributed by atoms with van der Waals surface area (Å²) in [4.78, 5) is 22.1. The molecule has 1 rings (SSSR count). The van der Waals surface area contributed by atoms with Crippen LogP contribution >= 0.6 is 0 Å². The Kier molecular flexibility index (Phi) is 4.09. The van der Waals surface area contributed by atoms with Crippen LogP contribution < -0.4 is 0 Å². The van der Waals surface area contributed by atoms with Crippen LogP contribution in [0, 0.1) is 0 Å². The molecule has 0 saturated heterocycles. The van der Waals surface area contributed by atoms with Gasteiger partial charge in [-0.1, -0.05) is 36.9 Å². The molecule has 78 valence electrons. The standard InChI is InChI=1S/C11H10O4/c1-2-14-11(13)15-8-10(12)9-6-4-3-5-7-9/h2-7H,1,8H2. The van der Waals surface area contributed by atoms with Crippen LogP contribution in [-0.2, 0) is 9.47 Å². The monoisotopic (exact) mass is 206 g/mol. The average Bonchev–Trinajstić information content (AvgIpc) is 2.27. The first kappa shape index (κ1) is 11.0. The van der Waals surface area contributed by atoms with Crippen molar-refractivity contribution >= 4 is 11.9 Å². The molecule has 4 nitrogen and oxygen atoms in total. The zero-order chi connectivity index (χ0) is 11.1. The third kappa shape index (κ3) is 3.64. The molecule has 0 spiro atoms. The van der Waals surface area contributed by atoms with Gasteiger partial charge < -0.3 is 9.47 Å². The van der Waals surface area contributed by atoms with Gasteiger partial charge in [0.15, 0.2) is 12.4 Å². The van der Waals surface area contributed by atoms with E-state index in [0.29, 0.717) is 5.56 Å². The van der Waals surface area contributed by atoms with E-state index in [1.165, 1.54) is 0 Å². The lowest BCUT2D eigenvalue weighted by Crippen LogP contribution is -2.13. The van der Waals surface area contributed by atoms with Gasteiger partial charge in [-0.25, -0.2) is 4.79 Å². The molecule has 0 aliphatic heterocycles. The van der Waals surface area contributed by atoms with Gasteiger partial charge >= 0.3 is 6.16 Å². The quantitative estimate of drug-likeness (QED) is 0.430. The summed E-state index contributed by atoms with van der Waals surface area (Å²) in [6.45, 7) is 2.84. The maximum absolute atomic E-state index is 11.4. The number of hydrogen-bond donors (Lipinski definition) is 0. The van der Waals surface area contributed by atoms with Crippen LogP contribution in [0.4, 0.5) is 4.79 Å². The number of ketones is 1. The van der Waals surface area contributed by atoms with E-state index >= 15 is 0 Å². The Balaban J connectivity index is 2.44. The van der Waals surface area contributed by atoms with E-state index in [2.05, 4.69) is 16.1 Å². The molecular weight excluding hydrogens is 196 g/mol. The van der Waals surface area contributed by atoms with Gasteiger partial charge in [-0.15, -0.1) is 0 Å². The number of carbonyl (C=O) groups excluding carboxylic acids is 2. The first-order valence-corrected chi connectivity index (χ1v) is 4.26. The van der Waals surface area contributed by atoms with Crippen molar-refractivity contribution < 1.29 is 19.1 Å². The predicted molar refractivity (Wildman–Crippen MR) is 53.4 cm³/mol. The normalized spacial score (nSPS) is 9.07. The highest BCUT2D eigenvalue weighted by Gasteiger charge is 2.08. The third-order valence-corrected chi connectivity index (χ3v) is 1.60. The predicted octanol–water partition coefficient (Wildman–Crippen LogP) is 2.17. The molecule has 0 saturated carbocycles. The summed E-state index contributed by atoms with van der Waals surface area (Å²) in [5, 5.41) is 0. The molecular formula is C11H10O4. The van der Waals surface area contributed by atoms with Crippen LogP contribution in [-0.4, -0.2) is 18.5 Å². The fraction of sp³-hybridized carbons (Fsp3) is 0.0909. The molecule has 1 aromatic carbocycles. The Morgan fingerprint density at radius 2 is 1.93 bits per heavy atom. The fourth-order valence-electron chi connectivity index (χ4n) is 0.934. The van der Waals surface area contributed by atoms with Gasteiger partial charge in [0.05, 0.1) is 6.26 Å². The van der Waals surface area contributed by atoms with Crippen molar-refractivity contribution in [2.45, 2.75) is 0 Å². The molecule has 0 atom stereocenters. The molecule has 0 aliphatic rings. The first-order valence-electron chi connectivity index (χ1n) is 4.26. The van der Waals surface area contributed by atoms with Crippen LogP contribution in [0.5, 0.6) is 0 Å². The zero-order valence-electron chi connectivity index (χ0n) is 8.01. The molecule has 4 heteroatoms. The minimum absolute atomic E-state index is 0.281. The molecule has 0 heterocycles. The van der Waals surface area contributed by atoms with Gasteiger partial charge in [-0.3, -0.25) is 4.79 Å². The summed E-state index contributed by atoms with van der Waals surface area (Å²) in [6, 6.07) is 8.54. The van der Waals surface area contributed by atoms with Crippen LogP contribution in [0.1, 0.15) is 10.4 Å². The Labute approximate surface area is 87.1 Å². The van der Waals surface area contributed by atoms with Crippen molar-refractivity contribution in [1.82, 2.24) is 0 Å². The molecule has 0 aliphatic carbocycles. The van der Waals surface area contributed by atoms with Gasteiger partial charge in [-0.05, 0) is 0 Å². The van der Waals surface area contributed by atoms with Crippen molar-refractivity contribution in [2.24, 2.45) is 0 Å². The maximum Gasteiger partial charge on any atom is 0.513 e. The van der Waals surface area contributed by atoms with Gasteiger partial charge in [0.25, 0.3) is 0 Å². The Morgan fingerprint density at radius 3 is 2.53 bits per heavy atom. The number of benzene rings is 1. The van der Waals surface area contributed by atoms with Crippen molar-refractivity contribution in [3.8, 4) is 0 Å². The summed E-state index contributed by atoms with van der Waals surface area (Å²) in [7, 11) is 0. The van der Waals surface area contributed by atoms with Gasteiger partial charge in [0, 0.05) is 5.56 Å². The fourth-order valence-corrected chi connectivity index (χ4v) is 0.934. The van der Waals surface area contributed by atoms with E-state index < -0.39 is 6.16 Å². The Hall–Kier alpha value is -2.10. The topological polar surface area (TPSA) is 52.6 Å². The molecule has 0 fully saturated rings. The lowest BCUT2D eigenvalue weighted by Gasteiger charge is -2.01. The first-order chi connectivity index (χ1) is 7.24. The summed E-state index contributed by atoms with van der Waals surface area (Å²) in [5.41, 5.74) is 0.490. The SMILES string of the molecule is C=COC(=O)OCC(=O)c1ccccc1. The van der Waals surface area contributed by atoms with Crippen molar-refractivity contribution in [1.29, 1.82) is 0 Å². The lowest BCUT2D eigenvalue weighted by atomic mass is 10.1. The second-order valence-corrected chi connectivity index (χ2v) is 2.61. The largest absolute Gasteiger partial charge is 0.513 e. The Bertz CT molecular complexity index is 356. The summed E-state index contributed by atoms with van der Waals surface area (Å²) in [6.07, 6.45) is 0.00396. The molecule has 15 heavy (non-hydrogen) atoms. The van der Waals surface area contributed by atoms with Gasteiger partial charge in [0.2, 0.25) is 0 Å². The number of rotatable bonds is 4. The van der Waals surface area contributed by atoms with E-state index in [9.17, 15) is 9.59 Å². The van der Waals surface area contributed by atoms with Crippen LogP contribution in [0.25, 0.3) is 0 Å². The Morgan fingerprint density at radius 1 is 1.27 bits per heavy atom. The molecule has 0 radical (unpaired) electrons. The number of carbonyl (C=O) groups is 2. The molecule has 0 amide bonds. The van der Waals surface area contributed by atoms with Gasteiger partial charge in [0.1, 0.15) is 0 Å². The molecule has 0 N–H and O–H groups in total. The molecule has 0 bridgehead atoms. The molecule has 0 unspecified atom stereocenters.